The number of sulfonamides is 1. The Kier molecular flexibility index (Phi) is 6.40. The summed E-state index contributed by atoms with van der Waals surface area (Å²) in [6.07, 6.45) is 2.86. The minimum Gasteiger partial charge on any atom is -0.339 e. The van der Waals surface area contributed by atoms with Crippen molar-refractivity contribution in [2.75, 3.05) is 29.0 Å². The normalized spacial score (nSPS) is 15.0. The Morgan fingerprint density at radius 3 is 2.27 bits per heavy atom. The van der Waals surface area contributed by atoms with Crippen LogP contribution in [0.5, 0.6) is 0 Å². The Morgan fingerprint density at radius 2 is 1.67 bits per heavy atom. The standard InChI is InChI=1S/C21H24FN3O4S/c1-15(25(30(2,28)29)17-11-9-16(22)10-12-17)20(26)23-19-8-4-3-7-18(19)21(27)24-13-5-6-14-24/h3-4,7-12,15H,5-6,13-14H2,1-2H3,(H,23,26). The zero-order valence-corrected chi connectivity index (χ0v) is 17.7. The first-order valence-electron chi connectivity index (χ1n) is 9.62. The van der Waals surface area contributed by atoms with E-state index in [0.29, 0.717) is 24.3 Å². The highest BCUT2D eigenvalue weighted by atomic mass is 32.2. The van der Waals surface area contributed by atoms with E-state index < -0.39 is 27.8 Å². The van der Waals surface area contributed by atoms with Crippen molar-refractivity contribution < 1.29 is 22.4 Å². The molecule has 1 unspecified atom stereocenters. The molecule has 0 spiro atoms. The SMILES string of the molecule is CC(C(=O)Nc1ccccc1C(=O)N1CCCC1)N(c1ccc(F)cc1)S(C)(=O)=O. The van der Waals surface area contributed by atoms with Crippen molar-refractivity contribution >= 4 is 33.2 Å². The molecular formula is C21H24FN3O4S. The number of amides is 2. The molecule has 0 aromatic heterocycles. The maximum absolute atomic E-state index is 13.3. The van der Waals surface area contributed by atoms with E-state index in [1.54, 1.807) is 29.2 Å². The summed E-state index contributed by atoms with van der Waals surface area (Å²) < 4.78 is 38.9. The summed E-state index contributed by atoms with van der Waals surface area (Å²) in [5.41, 5.74) is 0.842. The van der Waals surface area contributed by atoms with Crippen molar-refractivity contribution in [3.63, 3.8) is 0 Å². The molecule has 30 heavy (non-hydrogen) atoms. The molecule has 1 heterocycles. The van der Waals surface area contributed by atoms with Crippen LogP contribution in [0.4, 0.5) is 15.8 Å². The van der Waals surface area contributed by atoms with Gasteiger partial charge in [-0.1, -0.05) is 12.1 Å². The van der Waals surface area contributed by atoms with Crippen molar-refractivity contribution in [1.29, 1.82) is 0 Å². The Bertz CT molecular complexity index is 1030. The van der Waals surface area contributed by atoms with Crippen LogP contribution in [0.25, 0.3) is 0 Å². The van der Waals surface area contributed by atoms with Gasteiger partial charge in [-0.3, -0.25) is 13.9 Å². The van der Waals surface area contributed by atoms with Crippen LogP contribution < -0.4 is 9.62 Å². The highest BCUT2D eigenvalue weighted by Gasteiger charge is 2.30. The molecule has 1 atom stereocenters. The first-order valence-corrected chi connectivity index (χ1v) is 11.5. The molecule has 1 aliphatic rings. The van der Waals surface area contributed by atoms with Gasteiger partial charge in [0.05, 0.1) is 23.2 Å². The number of likely N-dealkylation sites (tertiary alicyclic amines) is 1. The number of benzene rings is 2. The van der Waals surface area contributed by atoms with Gasteiger partial charge in [0, 0.05) is 13.1 Å². The van der Waals surface area contributed by atoms with Gasteiger partial charge in [-0.2, -0.15) is 0 Å². The molecule has 7 nitrogen and oxygen atoms in total. The molecule has 9 heteroatoms. The average molecular weight is 434 g/mol. The minimum atomic E-state index is -3.83. The fourth-order valence-electron chi connectivity index (χ4n) is 3.50. The van der Waals surface area contributed by atoms with Gasteiger partial charge >= 0.3 is 0 Å². The molecule has 1 fully saturated rings. The summed E-state index contributed by atoms with van der Waals surface area (Å²) in [4.78, 5) is 27.5. The number of carbonyl (C=O) groups excluding carboxylic acids is 2. The molecule has 1 aliphatic heterocycles. The second-order valence-corrected chi connectivity index (χ2v) is 9.10. The smallest absolute Gasteiger partial charge is 0.255 e. The Hall–Kier alpha value is -2.94. The molecule has 1 saturated heterocycles. The first-order chi connectivity index (χ1) is 14.2. The lowest BCUT2D eigenvalue weighted by Gasteiger charge is -2.28. The zero-order chi connectivity index (χ0) is 21.9. The molecule has 0 bridgehead atoms. The third-order valence-electron chi connectivity index (χ3n) is 4.98. The number of nitrogens with zero attached hydrogens (tertiary/aromatic N) is 2. The summed E-state index contributed by atoms with van der Waals surface area (Å²) in [5, 5.41) is 2.68. The van der Waals surface area contributed by atoms with E-state index in [-0.39, 0.29) is 11.6 Å². The average Bonchev–Trinajstić information content (AvgIpc) is 3.23. The fraction of sp³-hybridized carbons (Fsp3) is 0.333. The number of halogens is 1. The van der Waals surface area contributed by atoms with Crippen LogP contribution in [-0.2, 0) is 14.8 Å². The van der Waals surface area contributed by atoms with E-state index in [9.17, 15) is 22.4 Å². The first kappa shape index (κ1) is 21.8. The molecule has 160 valence electrons. The Morgan fingerprint density at radius 1 is 1.07 bits per heavy atom. The Labute approximate surface area is 175 Å². The van der Waals surface area contributed by atoms with Gasteiger partial charge in [0.25, 0.3) is 5.91 Å². The summed E-state index contributed by atoms with van der Waals surface area (Å²) in [7, 11) is -3.83. The molecule has 2 aromatic carbocycles. The predicted molar refractivity (Wildman–Crippen MR) is 113 cm³/mol. The van der Waals surface area contributed by atoms with E-state index in [1.165, 1.54) is 19.1 Å². The second-order valence-electron chi connectivity index (χ2n) is 7.25. The van der Waals surface area contributed by atoms with Gasteiger partial charge in [0.15, 0.2) is 0 Å². The van der Waals surface area contributed by atoms with Crippen LogP contribution in [0.1, 0.15) is 30.1 Å². The third kappa shape index (κ3) is 4.79. The zero-order valence-electron chi connectivity index (χ0n) is 16.8. The van der Waals surface area contributed by atoms with Crippen LogP contribution in [0.2, 0.25) is 0 Å². The van der Waals surface area contributed by atoms with Crippen LogP contribution in [0, 0.1) is 5.82 Å². The maximum atomic E-state index is 13.3. The van der Waals surface area contributed by atoms with Crippen LogP contribution in [0.3, 0.4) is 0 Å². The lowest BCUT2D eigenvalue weighted by atomic mass is 10.1. The van der Waals surface area contributed by atoms with Crippen molar-refractivity contribution in [3.8, 4) is 0 Å². The van der Waals surface area contributed by atoms with Gasteiger partial charge in [-0.15, -0.1) is 0 Å². The topological polar surface area (TPSA) is 86.8 Å². The number of rotatable bonds is 6. The molecule has 0 saturated carbocycles. The van der Waals surface area contributed by atoms with Gasteiger partial charge in [0.2, 0.25) is 15.9 Å². The van der Waals surface area contributed by atoms with Crippen molar-refractivity contribution in [3.05, 3.63) is 59.9 Å². The molecule has 2 amide bonds. The molecule has 3 rings (SSSR count). The summed E-state index contributed by atoms with van der Waals surface area (Å²) >= 11 is 0. The van der Waals surface area contributed by atoms with Gasteiger partial charge in [0.1, 0.15) is 11.9 Å². The summed E-state index contributed by atoms with van der Waals surface area (Å²) in [6, 6.07) is 10.4. The van der Waals surface area contributed by atoms with Gasteiger partial charge < -0.3 is 10.2 Å². The Balaban J connectivity index is 1.85. The number of para-hydroxylation sites is 1. The van der Waals surface area contributed by atoms with Crippen LogP contribution in [0.15, 0.2) is 48.5 Å². The quantitative estimate of drug-likeness (QED) is 0.759. The number of hydrogen-bond donors (Lipinski definition) is 1. The monoisotopic (exact) mass is 433 g/mol. The predicted octanol–water partition coefficient (Wildman–Crippen LogP) is 2.85. The number of hydrogen-bond acceptors (Lipinski definition) is 4. The van der Waals surface area contributed by atoms with Gasteiger partial charge in [-0.25, -0.2) is 12.8 Å². The van der Waals surface area contributed by atoms with Gasteiger partial charge in [-0.05, 0) is 56.2 Å². The number of anilines is 2. The molecule has 2 aromatic rings. The summed E-state index contributed by atoms with van der Waals surface area (Å²) in [5.74, 6) is -1.29. The number of carbonyl (C=O) groups is 2. The van der Waals surface area contributed by atoms with E-state index in [2.05, 4.69) is 5.32 Å². The number of nitrogens with one attached hydrogen (secondary N) is 1. The van der Waals surface area contributed by atoms with Crippen molar-refractivity contribution in [1.82, 2.24) is 4.90 Å². The van der Waals surface area contributed by atoms with E-state index in [1.807, 2.05) is 0 Å². The largest absolute Gasteiger partial charge is 0.339 e. The van der Waals surface area contributed by atoms with E-state index in [0.717, 1.165) is 35.5 Å². The van der Waals surface area contributed by atoms with E-state index >= 15 is 0 Å². The second kappa shape index (κ2) is 8.83. The third-order valence-corrected chi connectivity index (χ3v) is 6.22. The highest BCUT2D eigenvalue weighted by Crippen LogP contribution is 2.24. The lowest BCUT2D eigenvalue weighted by Crippen LogP contribution is -2.45. The minimum absolute atomic E-state index is 0.169. The molecule has 0 aliphatic carbocycles. The van der Waals surface area contributed by atoms with Crippen LogP contribution >= 0.6 is 0 Å². The molecular weight excluding hydrogens is 409 g/mol. The highest BCUT2D eigenvalue weighted by molar-refractivity contribution is 7.92. The summed E-state index contributed by atoms with van der Waals surface area (Å²) in [6.45, 7) is 2.78. The van der Waals surface area contributed by atoms with Crippen molar-refractivity contribution in [2.45, 2.75) is 25.8 Å². The molecule has 1 N–H and O–H groups in total. The molecule has 0 radical (unpaired) electrons. The van der Waals surface area contributed by atoms with Crippen LogP contribution in [-0.4, -0.2) is 50.5 Å². The fourth-order valence-corrected chi connectivity index (χ4v) is 4.68. The lowest BCUT2D eigenvalue weighted by molar-refractivity contribution is -0.116. The van der Waals surface area contributed by atoms with Crippen molar-refractivity contribution in [2.24, 2.45) is 0 Å². The maximum Gasteiger partial charge on any atom is 0.255 e. The van der Waals surface area contributed by atoms with E-state index in [4.69, 9.17) is 0 Å².